The molecule has 0 fully saturated rings. The summed E-state index contributed by atoms with van der Waals surface area (Å²) in [6.45, 7) is 3.11. The largest absolute Gasteiger partial charge is 0.452 e. The molecule has 134 valence electrons. The summed E-state index contributed by atoms with van der Waals surface area (Å²) >= 11 is 0. The molecule has 0 aliphatic heterocycles. The molecule has 0 saturated carbocycles. The van der Waals surface area contributed by atoms with Gasteiger partial charge in [0, 0.05) is 5.39 Å². The number of nitrogens with one attached hydrogen (secondary N) is 1. The first-order valence-electron chi connectivity index (χ1n) is 8.33. The van der Waals surface area contributed by atoms with E-state index in [9.17, 15) is 9.59 Å². The Morgan fingerprint density at radius 1 is 1.11 bits per heavy atom. The molecule has 1 aromatic heterocycles. The van der Waals surface area contributed by atoms with Gasteiger partial charge in [0.1, 0.15) is 6.07 Å². The number of carbonyl (C=O) groups is 2. The molecule has 3 aromatic rings. The first kappa shape index (κ1) is 18.1. The third-order valence-corrected chi connectivity index (χ3v) is 4.19. The van der Waals surface area contributed by atoms with E-state index in [2.05, 4.69) is 10.3 Å². The first-order valence-corrected chi connectivity index (χ1v) is 8.33. The number of aromatic nitrogens is 1. The van der Waals surface area contributed by atoms with Crippen molar-refractivity contribution in [1.82, 2.24) is 4.98 Å². The molecular formula is C21H17N3O3. The van der Waals surface area contributed by atoms with Crippen molar-refractivity contribution >= 4 is 28.5 Å². The maximum atomic E-state index is 12.5. The number of hydrogen-bond acceptors (Lipinski definition) is 5. The third-order valence-electron chi connectivity index (χ3n) is 4.19. The van der Waals surface area contributed by atoms with Crippen LogP contribution < -0.4 is 5.32 Å². The molecule has 6 heteroatoms. The number of carbonyl (C=O) groups excluding carboxylic acids is 2. The number of nitriles is 1. The summed E-state index contributed by atoms with van der Waals surface area (Å²) in [4.78, 5) is 29.0. The second-order valence-electron chi connectivity index (χ2n) is 6.00. The molecule has 0 spiro atoms. The molecule has 0 radical (unpaired) electrons. The fraction of sp³-hybridized carbons (Fsp3) is 0.143. The quantitative estimate of drug-likeness (QED) is 0.720. The lowest BCUT2D eigenvalue weighted by Crippen LogP contribution is -2.22. The Bertz CT molecular complexity index is 1080. The fourth-order valence-corrected chi connectivity index (χ4v) is 2.91. The Hall–Kier alpha value is -3.72. The molecule has 1 heterocycles. The molecule has 1 N–H and O–H groups in total. The summed E-state index contributed by atoms with van der Waals surface area (Å²) in [6, 6.07) is 16.1. The van der Waals surface area contributed by atoms with Crippen molar-refractivity contribution in [1.29, 1.82) is 5.26 Å². The third kappa shape index (κ3) is 3.77. The minimum atomic E-state index is -0.605. The van der Waals surface area contributed by atoms with Gasteiger partial charge in [0.15, 0.2) is 6.61 Å². The number of esters is 1. The van der Waals surface area contributed by atoms with Gasteiger partial charge in [0.2, 0.25) is 0 Å². The van der Waals surface area contributed by atoms with Crippen LogP contribution in [0.15, 0.2) is 48.5 Å². The van der Waals surface area contributed by atoms with E-state index in [1.54, 1.807) is 31.2 Å². The highest BCUT2D eigenvalue weighted by molar-refractivity contribution is 6.00. The van der Waals surface area contributed by atoms with Crippen LogP contribution in [0.1, 0.15) is 27.2 Å². The summed E-state index contributed by atoms with van der Waals surface area (Å²) in [7, 11) is 0. The average molecular weight is 359 g/mol. The van der Waals surface area contributed by atoms with E-state index < -0.39 is 18.5 Å². The molecule has 1 amide bonds. The number of aryl methyl sites for hydroxylation is 2. The van der Waals surface area contributed by atoms with Crippen molar-refractivity contribution in [2.45, 2.75) is 13.8 Å². The van der Waals surface area contributed by atoms with Crippen molar-refractivity contribution in [2.24, 2.45) is 0 Å². The van der Waals surface area contributed by atoms with E-state index in [4.69, 9.17) is 10.00 Å². The smallest absolute Gasteiger partial charge is 0.340 e. The fourth-order valence-electron chi connectivity index (χ4n) is 2.91. The highest BCUT2D eigenvalue weighted by Gasteiger charge is 2.19. The number of nitrogens with zero attached hydrogens (tertiary/aromatic N) is 2. The first-order chi connectivity index (χ1) is 13.0. The number of anilines is 1. The zero-order valence-corrected chi connectivity index (χ0v) is 14.9. The number of pyridine rings is 1. The van der Waals surface area contributed by atoms with Crippen LogP contribution in [0.4, 0.5) is 5.69 Å². The Balaban J connectivity index is 1.74. The molecule has 3 rings (SSSR count). The summed E-state index contributed by atoms with van der Waals surface area (Å²) in [5, 5.41) is 12.5. The molecule has 0 atom stereocenters. The summed E-state index contributed by atoms with van der Waals surface area (Å²) in [6.07, 6.45) is 0. The Morgan fingerprint density at radius 3 is 2.59 bits per heavy atom. The lowest BCUT2D eigenvalue weighted by atomic mass is 10.0. The minimum Gasteiger partial charge on any atom is -0.452 e. The number of benzene rings is 2. The van der Waals surface area contributed by atoms with Gasteiger partial charge in [0.05, 0.1) is 28.0 Å². The van der Waals surface area contributed by atoms with Crippen molar-refractivity contribution in [3.63, 3.8) is 0 Å². The predicted octanol–water partition coefficient (Wildman–Crippen LogP) is 3.52. The lowest BCUT2D eigenvalue weighted by molar-refractivity contribution is -0.119. The van der Waals surface area contributed by atoms with Crippen LogP contribution >= 0.6 is 0 Å². The summed E-state index contributed by atoms with van der Waals surface area (Å²) < 4.78 is 5.17. The topological polar surface area (TPSA) is 92.1 Å². The van der Waals surface area contributed by atoms with Crippen LogP contribution in [-0.2, 0) is 9.53 Å². The highest BCUT2D eigenvalue weighted by Crippen LogP contribution is 2.23. The van der Waals surface area contributed by atoms with E-state index in [0.29, 0.717) is 22.5 Å². The zero-order valence-electron chi connectivity index (χ0n) is 14.9. The van der Waals surface area contributed by atoms with Gasteiger partial charge < -0.3 is 10.1 Å². The van der Waals surface area contributed by atoms with Crippen LogP contribution in [0, 0.1) is 25.2 Å². The van der Waals surface area contributed by atoms with E-state index in [1.807, 2.05) is 37.3 Å². The summed E-state index contributed by atoms with van der Waals surface area (Å²) in [5.74, 6) is -1.12. The zero-order chi connectivity index (χ0) is 19.4. The van der Waals surface area contributed by atoms with Crippen LogP contribution in [0.25, 0.3) is 10.9 Å². The highest BCUT2D eigenvalue weighted by atomic mass is 16.5. The maximum Gasteiger partial charge on any atom is 0.340 e. The maximum absolute atomic E-state index is 12.5. The normalized spacial score (nSPS) is 10.3. The van der Waals surface area contributed by atoms with Gasteiger partial charge in [-0.2, -0.15) is 5.26 Å². The molecule has 0 saturated heterocycles. The lowest BCUT2D eigenvalue weighted by Gasteiger charge is -2.12. The van der Waals surface area contributed by atoms with Gasteiger partial charge in [0.25, 0.3) is 5.91 Å². The SMILES string of the molecule is Cc1nc2ccccc2c(C)c1C(=O)OCC(=O)Nc1ccccc1C#N. The number of ether oxygens (including phenoxy) is 1. The molecule has 0 aliphatic carbocycles. The Labute approximate surface area is 156 Å². The molecule has 2 aromatic carbocycles. The minimum absolute atomic E-state index is 0.336. The Kier molecular flexibility index (Phi) is 5.13. The van der Waals surface area contributed by atoms with Crippen molar-refractivity contribution in [3.05, 3.63) is 70.9 Å². The molecular weight excluding hydrogens is 342 g/mol. The molecule has 0 unspecified atom stereocenters. The molecule has 0 aliphatic rings. The van der Waals surface area contributed by atoms with E-state index >= 15 is 0 Å². The van der Waals surface area contributed by atoms with Crippen LogP contribution in [0.3, 0.4) is 0 Å². The second kappa shape index (κ2) is 7.67. The van der Waals surface area contributed by atoms with Gasteiger partial charge in [-0.25, -0.2) is 4.79 Å². The number of rotatable bonds is 4. The van der Waals surface area contributed by atoms with Gasteiger partial charge in [-0.15, -0.1) is 0 Å². The number of fused-ring (bicyclic) bond motifs is 1. The van der Waals surface area contributed by atoms with E-state index in [1.165, 1.54) is 0 Å². The molecule has 6 nitrogen and oxygen atoms in total. The van der Waals surface area contributed by atoms with Gasteiger partial charge in [-0.3, -0.25) is 9.78 Å². The van der Waals surface area contributed by atoms with Crippen LogP contribution in [0.2, 0.25) is 0 Å². The number of hydrogen-bond donors (Lipinski definition) is 1. The molecule has 27 heavy (non-hydrogen) atoms. The summed E-state index contributed by atoms with van der Waals surface area (Å²) in [5.41, 5.74) is 3.18. The number of amides is 1. The monoisotopic (exact) mass is 359 g/mol. The van der Waals surface area contributed by atoms with Crippen LogP contribution in [-0.4, -0.2) is 23.5 Å². The van der Waals surface area contributed by atoms with E-state index in [0.717, 1.165) is 16.5 Å². The van der Waals surface area contributed by atoms with Crippen molar-refractivity contribution in [3.8, 4) is 6.07 Å². The second-order valence-corrected chi connectivity index (χ2v) is 6.00. The van der Waals surface area contributed by atoms with Crippen LogP contribution in [0.5, 0.6) is 0 Å². The molecule has 0 bridgehead atoms. The van der Waals surface area contributed by atoms with Gasteiger partial charge in [-0.1, -0.05) is 30.3 Å². The number of para-hydroxylation sites is 2. The standard InChI is InChI=1S/C21H17N3O3/c1-13-16-8-4-6-10-18(16)23-14(2)20(13)21(26)27-12-19(25)24-17-9-5-3-7-15(17)11-22/h3-10H,12H2,1-2H3,(H,24,25). The Morgan fingerprint density at radius 2 is 1.81 bits per heavy atom. The van der Waals surface area contributed by atoms with Gasteiger partial charge in [-0.05, 0) is 37.6 Å². The van der Waals surface area contributed by atoms with E-state index in [-0.39, 0.29) is 0 Å². The van der Waals surface area contributed by atoms with Crippen molar-refractivity contribution < 1.29 is 14.3 Å². The predicted molar refractivity (Wildman–Crippen MR) is 101 cm³/mol. The average Bonchev–Trinajstić information content (AvgIpc) is 2.67. The van der Waals surface area contributed by atoms with Crippen molar-refractivity contribution in [2.75, 3.05) is 11.9 Å². The van der Waals surface area contributed by atoms with Gasteiger partial charge >= 0.3 is 5.97 Å².